The second kappa shape index (κ2) is 4.83. The van der Waals surface area contributed by atoms with Gasteiger partial charge in [-0.2, -0.15) is 0 Å². The fourth-order valence-corrected chi connectivity index (χ4v) is 3.72. The van der Waals surface area contributed by atoms with Crippen LogP contribution < -0.4 is 5.32 Å². The minimum absolute atomic E-state index is 0.108. The number of benzene rings is 1. The number of rotatable bonds is 3. The fourth-order valence-electron chi connectivity index (χ4n) is 2.36. The maximum absolute atomic E-state index is 10.6. The summed E-state index contributed by atoms with van der Waals surface area (Å²) in [5.41, 5.74) is 2.26. The fraction of sp³-hybridized carbons (Fsp3) is 0.231. The summed E-state index contributed by atoms with van der Waals surface area (Å²) < 4.78 is 0.820. The van der Waals surface area contributed by atoms with E-state index in [1.54, 1.807) is 23.5 Å². The molecular weight excluding hydrogens is 284 g/mol. The molecule has 0 saturated heterocycles. The van der Waals surface area contributed by atoms with Crippen molar-refractivity contribution in [2.24, 2.45) is 0 Å². The van der Waals surface area contributed by atoms with Crippen molar-refractivity contribution < 1.29 is 4.92 Å². The number of nitrogens with one attached hydrogen (secondary N) is 1. The summed E-state index contributed by atoms with van der Waals surface area (Å²) >= 11 is 7.65. The number of nitrogens with zero attached hydrogens (tertiary/aromatic N) is 1. The van der Waals surface area contributed by atoms with Crippen LogP contribution in [0.1, 0.15) is 22.9 Å². The van der Waals surface area contributed by atoms with Gasteiger partial charge in [-0.15, -0.1) is 11.3 Å². The van der Waals surface area contributed by atoms with E-state index in [-0.39, 0.29) is 11.7 Å². The average Bonchev–Trinajstić information content (AvgIpc) is 2.91. The first-order valence-electron chi connectivity index (χ1n) is 5.92. The maximum atomic E-state index is 10.6. The van der Waals surface area contributed by atoms with Gasteiger partial charge < -0.3 is 5.32 Å². The molecular formula is C13H11ClN2O2S. The van der Waals surface area contributed by atoms with Crippen LogP contribution in [0.3, 0.4) is 0 Å². The van der Waals surface area contributed by atoms with E-state index in [9.17, 15) is 10.1 Å². The number of nitro groups is 1. The summed E-state index contributed by atoms with van der Waals surface area (Å²) in [6, 6.07) is 8.77. The SMILES string of the molecule is O=[N+]([O-])c1ccc(NC2CCc3sc(Cl)cc32)cc1. The zero-order valence-electron chi connectivity index (χ0n) is 9.93. The highest BCUT2D eigenvalue weighted by Gasteiger charge is 2.24. The quantitative estimate of drug-likeness (QED) is 0.674. The molecule has 0 spiro atoms. The van der Waals surface area contributed by atoms with E-state index >= 15 is 0 Å². The van der Waals surface area contributed by atoms with Gasteiger partial charge in [-0.3, -0.25) is 10.1 Å². The van der Waals surface area contributed by atoms with Crippen molar-refractivity contribution in [2.45, 2.75) is 18.9 Å². The molecule has 4 nitrogen and oxygen atoms in total. The van der Waals surface area contributed by atoms with E-state index in [1.807, 2.05) is 6.07 Å². The molecule has 1 aliphatic rings. The van der Waals surface area contributed by atoms with Crippen LogP contribution in [0.4, 0.5) is 11.4 Å². The van der Waals surface area contributed by atoms with Crippen LogP contribution in [-0.2, 0) is 6.42 Å². The molecule has 0 aliphatic heterocycles. The van der Waals surface area contributed by atoms with Crippen LogP contribution >= 0.6 is 22.9 Å². The Labute approximate surface area is 119 Å². The van der Waals surface area contributed by atoms with Gasteiger partial charge in [-0.25, -0.2) is 0 Å². The molecule has 0 saturated carbocycles. The molecule has 1 aromatic carbocycles. The Morgan fingerprint density at radius 1 is 1.37 bits per heavy atom. The topological polar surface area (TPSA) is 55.2 Å². The van der Waals surface area contributed by atoms with E-state index in [2.05, 4.69) is 5.32 Å². The summed E-state index contributed by atoms with van der Waals surface area (Å²) in [5, 5.41) is 14.0. The van der Waals surface area contributed by atoms with Crippen LogP contribution in [0.2, 0.25) is 4.34 Å². The minimum atomic E-state index is -0.393. The number of hydrogen-bond donors (Lipinski definition) is 1. The first kappa shape index (κ1) is 12.4. The Bertz CT molecular complexity index is 624. The maximum Gasteiger partial charge on any atom is 0.269 e. The first-order chi connectivity index (χ1) is 9.13. The molecule has 1 aromatic heterocycles. The summed E-state index contributed by atoms with van der Waals surface area (Å²) in [4.78, 5) is 11.5. The van der Waals surface area contributed by atoms with Gasteiger partial charge in [0.1, 0.15) is 0 Å². The number of halogens is 1. The van der Waals surface area contributed by atoms with Crippen molar-refractivity contribution in [3.05, 3.63) is 55.2 Å². The predicted octanol–water partition coefficient (Wildman–Crippen LogP) is 4.41. The normalized spacial score (nSPS) is 17.2. The Kier molecular flexibility index (Phi) is 3.16. The van der Waals surface area contributed by atoms with Gasteiger partial charge in [0.25, 0.3) is 5.69 Å². The van der Waals surface area contributed by atoms with Crippen LogP contribution in [0.15, 0.2) is 30.3 Å². The molecule has 0 radical (unpaired) electrons. The molecule has 0 amide bonds. The van der Waals surface area contributed by atoms with Crippen molar-refractivity contribution in [1.82, 2.24) is 0 Å². The zero-order valence-corrected chi connectivity index (χ0v) is 11.5. The number of nitro benzene ring substituents is 1. The molecule has 1 heterocycles. The standard InChI is InChI=1S/C13H11ClN2O2S/c14-13-7-10-11(5-6-12(10)19-13)15-8-1-3-9(4-2-8)16(17)18/h1-4,7,11,15H,5-6H2. The number of aryl methyl sites for hydroxylation is 1. The summed E-state index contributed by atoms with van der Waals surface area (Å²) in [6.45, 7) is 0. The summed E-state index contributed by atoms with van der Waals surface area (Å²) in [5.74, 6) is 0. The number of fused-ring (bicyclic) bond motifs is 1. The average molecular weight is 295 g/mol. The van der Waals surface area contributed by atoms with Gasteiger partial charge in [0, 0.05) is 22.7 Å². The third-order valence-corrected chi connectivity index (χ3v) is 4.61. The Hall–Kier alpha value is -1.59. The highest BCUT2D eigenvalue weighted by atomic mass is 35.5. The predicted molar refractivity (Wildman–Crippen MR) is 77.1 cm³/mol. The molecule has 3 rings (SSSR count). The van der Waals surface area contributed by atoms with Crippen LogP contribution in [-0.4, -0.2) is 4.92 Å². The lowest BCUT2D eigenvalue weighted by Gasteiger charge is -2.14. The molecule has 98 valence electrons. The molecule has 2 aromatic rings. The van der Waals surface area contributed by atoms with E-state index in [0.29, 0.717) is 0 Å². The lowest BCUT2D eigenvalue weighted by Crippen LogP contribution is -2.06. The van der Waals surface area contributed by atoms with Gasteiger partial charge >= 0.3 is 0 Å². The Balaban J connectivity index is 1.77. The molecule has 1 N–H and O–H groups in total. The van der Waals surface area contributed by atoms with Crippen molar-refractivity contribution in [3.63, 3.8) is 0 Å². The van der Waals surface area contributed by atoms with Crippen molar-refractivity contribution >= 4 is 34.3 Å². The van der Waals surface area contributed by atoms with Gasteiger partial charge in [0.05, 0.1) is 15.3 Å². The summed E-state index contributed by atoms with van der Waals surface area (Å²) in [7, 11) is 0. The summed E-state index contributed by atoms with van der Waals surface area (Å²) in [6.07, 6.45) is 2.08. The van der Waals surface area contributed by atoms with Crippen LogP contribution in [0, 0.1) is 10.1 Å². The lowest BCUT2D eigenvalue weighted by atomic mass is 10.1. The molecule has 1 unspecified atom stereocenters. The molecule has 0 bridgehead atoms. The van der Waals surface area contributed by atoms with Crippen LogP contribution in [0.25, 0.3) is 0 Å². The first-order valence-corrected chi connectivity index (χ1v) is 7.12. The van der Waals surface area contributed by atoms with Crippen molar-refractivity contribution in [1.29, 1.82) is 0 Å². The molecule has 6 heteroatoms. The monoisotopic (exact) mass is 294 g/mol. The van der Waals surface area contributed by atoms with E-state index < -0.39 is 4.92 Å². The number of non-ortho nitro benzene ring substituents is 1. The van der Waals surface area contributed by atoms with Crippen molar-refractivity contribution in [2.75, 3.05) is 5.32 Å². The second-order valence-electron chi connectivity index (χ2n) is 4.47. The van der Waals surface area contributed by atoms with Gasteiger partial charge in [0.15, 0.2) is 0 Å². The largest absolute Gasteiger partial charge is 0.378 e. The zero-order chi connectivity index (χ0) is 13.4. The highest BCUT2D eigenvalue weighted by molar-refractivity contribution is 7.16. The number of anilines is 1. The molecule has 19 heavy (non-hydrogen) atoms. The smallest absolute Gasteiger partial charge is 0.269 e. The molecule has 1 aliphatic carbocycles. The van der Waals surface area contributed by atoms with E-state index in [0.717, 1.165) is 22.9 Å². The molecule has 1 atom stereocenters. The second-order valence-corrected chi connectivity index (χ2v) is 6.24. The minimum Gasteiger partial charge on any atom is -0.378 e. The van der Waals surface area contributed by atoms with Gasteiger partial charge in [-0.05, 0) is 36.6 Å². The Morgan fingerprint density at radius 3 is 2.79 bits per heavy atom. The third kappa shape index (κ3) is 2.43. The molecule has 0 fully saturated rings. The van der Waals surface area contributed by atoms with E-state index in [4.69, 9.17) is 11.6 Å². The lowest BCUT2D eigenvalue weighted by molar-refractivity contribution is -0.384. The van der Waals surface area contributed by atoms with Gasteiger partial charge in [0.2, 0.25) is 0 Å². The van der Waals surface area contributed by atoms with Crippen LogP contribution in [0.5, 0.6) is 0 Å². The highest BCUT2D eigenvalue weighted by Crippen LogP contribution is 2.40. The third-order valence-electron chi connectivity index (χ3n) is 3.27. The van der Waals surface area contributed by atoms with E-state index in [1.165, 1.54) is 22.6 Å². The van der Waals surface area contributed by atoms with Gasteiger partial charge in [-0.1, -0.05) is 11.6 Å². The van der Waals surface area contributed by atoms with Crippen molar-refractivity contribution in [3.8, 4) is 0 Å². The number of thiophene rings is 1. The number of hydrogen-bond acceptors (Lipinski definition) is 4. The Morgan fingerprint density at radius 2 is 2.11 bits per heavy atom.